The van der Waals surface area contributed by atoms with Crippen molar-refractivity contribution in [2.45, 2.75) is 6.36 Å². The number of amides is 1. The van der Waals surface area contributed by atoms with Crippen LogP contribution in [0, 0.1) is 0 Å². The van der Waals surface area contributed by atoms with Crippen molar-refractivity contribution >= 4 is 33.9 Å². The number of alkyl halides is 3. The third-order valence-corrected chi connectivity index (χ3v) is 5.65. The van der Waals surface area contributed by atoms with Crippen molar-refractivity contribution in [3.8, 4) is 11.6 Å². The van der Waals surface area contributed by atoms with Gasteiger partial charge < -0.3 is 29.9 Å². The average Bonchev–Trinajstić information content (AvgIpc) is 3.34. The number of carbonyl (C=O) groups excluding carboxylic acids is 1. The molecule has 3 heterocycles. The van der Waals surface area contributed by atoms with Gasteiger partial charge in [-0.15, -0.1) is 13.2 Å². The summed E-state index contributed by atoms with van der Waals surface area (Å²) in [5, 5.41) is 18.2. The lowest BCUT2D eigenvalue weighted by atomic mass is 10.0. The molecular weight excluding hydrogens is 467 g/mol. The Morgan fingerprint density at radius 3 is 2.71 bits per heavy atom. The Balaban J connectivity index is 1.49. The maximum atomic E-state index is 12.8. The summed E-state index contributed by atoms with van der Waals surface area (Å²) in [7, 11) is 0. The van der Waals surface area contributed by atoms with Crippen LogP contribution in [-0.4, -0.2) is 71.5 Å². The Hall–Kier alpha value is -4.06. The minimum Gasteiger partial charge on any atom is -0.494 e. The van der Waals surface area contributed by atoms with Gasteiger partial charge in [0.05, 0.1) is 11.3 Å². The molecule has 0 spiro atoms. The lowest BCUT2D eigenvalue weighted by Crippen LogP contribution is -2.47. The van der Waals surface area contributed by atoms with Crippen molar-refractivity contribution in [3.63, 3.8) is 0 Å². The van der Waals surface area contributed by atoms with Gasteiger partial charge in [0.1, 0.15) is 17.2 Å². The quantitative estimate of drug-likeness (QED) is 0.479. The van der Waals surface area contributed by atoms with Gasteiger partial charge in [0.15, 0.2) is 12.5 Å². The summed E-state index contributed by atoms with van der Waals surface area (Å²) >= 11 is 0. The van der Waals surface area contributed by atoms with E-state index in [-0.39, 0.29) is 40.8 Å². The number of aromatic amines is 1. The van der Waals surface area contributed by atoms with E-state index >= 15 is 0 Å². The molecule has 2 aliphatic heterocycles. The number of H-pyrrole nitrogens is 1. The number of para-hydroxylation sites is 1. The van der Waals surface area contributed by atoms with Crippen LogP contribution in [0.2, 0.25) is 0 Å². The van der Waals surface area contributed by atoms with Crippen molar-refractivity contribution < 1.29 is 32.6 Å². The van der Waals surface area contributed by atoms with Gasteiger partial charge in [0.2, 0.25) is 0 Å². The number of nitrogens with zero attached hydrogens (tertiary/aromatic N) is 3. The Labute approximate surface area is 196 Å². The highest BCUT2D eigenvalue weighted by atomic mass is 19.4. The highest BCUT2D eigenvalue weighted by Crippen LogP contribution is 2.37. The highest BCUT2D eigenvalue weighted by Gasteiger charge is 2.33. The summed E-state index contributed by atoms with van der Waals surface area (Å²) in [6.07, 6.45) is -4.87. The first-order valence-electron chi connectivity index (χ1n) is 10.8. The summed E-state index contributed by atoms with van der Waals surface area (Å²) in [5.41, 5.74) is 2.07. The molecule has 3 aromatic rings. The number of carbonyl (C=O) groups is 1. The molecule has 0 atom stereocenters. The van der Waals surface area contributed by atoms with E-state index in [2.05, 4.69) is 25.2 Å². The minimum absolute atomic E-state index is 0.139. The van der Waals surface area contributed by atoms with Crippen LogP contribution in [0.5, 0.6) is 11.6 Å². The van der Waals surface area contributed by atoms with Crippen molar-refractivity contribution in [2.75, 3.05) is 32.8 Å². The number of aromatic nitrogens is 1. The second kappa shape index (κ2) is 8.95. The smallest absolute Gasteiger partial charge is 0.494 e. The van der Waals surface area contributed by atoms with Gasteiger partial charge in [0, 0.05) is 42.6 Å². The zero-order valence-electron chi connectivity index (χ0n) is 18.2. The van der Waals surface area contributed by atoms with E-state index in [0.29, 0.717) is 42.9 Å². The Kier molecular flexibility index (Phi) is 5.81. The number of benzene rings is 2. The first-order valence-corrected chi connectivity index (χ1v) is 10.8. The fraction of sp³-hybridized carbons (Fsp3) is 0.261. The van der Waals surface area contributed by atoms with Crippen molar-refractivity contribution in [1.82, 2.24) is 15.2 Å². The largest absolute Gasteiger partial charge is 0.573 e. The Morgan fingerprint density at radius 1 is 1.17 bits per heavy atom. The van der Waals surface area contributed by atoms with Crippen molar-refractivity contribution in [2.24, 2.45) is 10.1 Å². The number of piperazine rings is 1. The molecular formula is C23H20F3N5O4. The summed E-state index contributed by atoms with van der Waals surface area (Å²) in [5.74, 6) is -0.970. The number of nitrogens with one attached hydrogen (secondary N) is 2. The standard InChI is InChI=1S/C23H20F3N5O4/c24-23(25,26)35-13-5-6-17-15(11-13)19(22(33)29-17)21-20(14-3-1-2-4-16(14)28-21)30-34-12-18(32)31-9-7-27-8-10-31/h1-6,11,27,29,33H,7-10,12H2/b30-20+. The molecule has 1 aromatic heterocycles. The molecule has 0 saturated carbocycles. The SMILES string of the molecule is O=C(CO/N=C1/C(c2c(O)[nH]c3ccc(OC(F)(F)F)cc23)=Nc2ccccc21)N1CCNCC1. The Bertz CT molecular complexity index is 1340. The highest BCUT2D eigenvalue weighted by molar-refractivity contribution is 6.58. The van der Waals surface area contributed by atoms with Crippen LogP contribution in [0.25, 0.3) is 10.9 Å². The third-order valence-electron chi connectivity index (χ3n) is 5.65. The monoisotopic (exact) mass is 487 g/mol. The first-order chi connectivity index (χ1) is 16.8. The fourth-order valence-corrected chi connectivity index (χ4v) is 4.09. The van der Waals surface area contributed by atoms with Crippen LogP contribution < -0.4 is 10.1 Å². The molecule has 1 saturated heterocycles. The lowest BCUT2D eigenvalue weighted by molar-refractivity contribution is -0.274. The molecule has 3 N–H and O–H groups in total. The zero-order chi connectivity index (χ0) is 24.6. The zero-order valence-corrected chi connectivity index (χ0v) is 18.2. The number of rotatable bonds is 5. The van der Waals surface area contributed by atoms with E-state index in [9.17, 15) is 23.1 Å². The normalized spacial score (nSPS) is 16.9. The van der Waals surface area contributed by atoms with Crippen molar-refractivity contribution in [3.05, 3.63) is 53.6 Å². The predicted molar refractivity (Wildman–Crippen MR) is 121 cm³/mol. The number of hydrogen-bond acceptors (Lipinski definition) is 7. The summed E-state index contributed by atoms with van der Waals surface area (Å²) in [6, 6.07) is 10.7. The number of aliphatic imine (C=N–C) groups is 1. The molecule has 5 rings (SSSR count). The van der Waals surface area contributed by atoms with Gasteiger partial charge in [0.25, 0.3) is 5.91 Å². The van der Waals surface area contributed by atoms with E-state index < -0.39 is 12.1 Å². The third kappa shape index (κ3) is 4.64. The Morgan fingerprint density at radius 2 is 1.94 bits per heavy atom. The average molecular weight is 487 g/mol. The van der Waals surface area contributed by atoms with Crippen LogP contribution >= 0.6 is 0 Å². The molecule has 1 amide bonds. The summed E-state index contributed by atoms with van der Waals surface area (Å²) in [4.78, 5) is 26.8. The van der Waals surface area contributed by atoms with Gasteiger partial charge in [-0.05, 0) is 24.3 Å². The second-order valence-corrected chi connectivity index (χ2v) is 7.93. The predicted octanol–water partition coefficient (Wildman–Crippen LogP) is 3.06. The minimum atomic E-state index is -4.87. The van der Waals surface area contributed by atoms with E-state index in [1.54, 1.807) is 29.2 Å². The number of aromatic hydroxyl groups is 1. The molecule has 0 radical (unpaired) electrons. The van der Waals surface area contributed by atoms with E-state index in [1.165, 1.54) is 6.07 Å². The number of hydrogen-bond donors (Lipinski definition) is 3. The van der Waals surface area contributed by atoms with Gasteiger partial charge >= 0.3 is 6.36 Å². The van der Waals surface area contributed by atoms with Crippen molar-refractivity contribution in [1.29, 1.82) is 0 Å². The lowest BCUT2D eigenvalue weighted by Gasteiger charge is -2.26. The summed E-state index contributed by atoms with van der Waals surface area (Å²) in [6.45, 7) is 2.25. The molecule has 2 aromatic carbocycles. The molecule has 35 heavy (non-hydrogen) atoms. The fourth-order valence-electron chi connectivity index (χ4n) is 4.09. The van der Waals surface area contributed by atoms with E-state index in [1.807, 2.05) is 0 Å². The molecule has 0 aliphatic carbocycles. The second-order valence-electron chi connectivity index (χ2n) is 7.93. The first kappa shape index (κ1) is 22.7. The number of fused-ring (bicyclic) bond motifs is 2. The van der Waals surface area contributed by atoms with Gasteiger partial charge in [-0.3, -0.25) is 4.79 Å². The maximum Gasteiger partial charge on any atom is 0.573 e. The van der Waals surface area contributed by atoms with Crippen LogP contribution in [0.3, 0.4) is 0 Å². The molecule has 1 fully saturated rings. The van der Waals surface area contributed by atoms with Gasteiger partial charge in [-0.1, -0.05) is 23.4 Å². The molecule has 12 heteroatoms. The van der Waals surface area contributed by atoms with Crippen LogP contribution in [-0.2, 0) is 9.63 Å². The van der Waals surface area contributed by atoms with Gasteiger partial charge in [-0.25, -0.2) is 4.99 Å². The van der Waals surface area contributed by atoms with E-state index in [4.69, 9.17) is 4.84 Å². The number of oxime groups is 1. The molecule has 2 aliphatic rings. The van der Waals surface area contributed by atoms with Crippen LogP contribution in [0.4, 0.5) is 18.9 Å². The molecule has 0 unspecified atom stereocenters. The van der Waals surface area contributed by atoms with Gasteiger partial charge in [-0.2, -0.15) is 0 Å². The maximum absolute atomic E-state index is 12.8. The van der Waals surface area contributed by atoms with E-state index in [0.717, 1.165) is 12.1 Å². The topological polar surface area (TPSA) is 112 Å². The van der Waals surface area contributed by atoms with Crippen LogP contribution in [0.15, 0.2) is 52.6 Å². The molecule has 182 valence electrons. The summed E-state index contributed by atoms with van der Waals surface area (Å²) < 4.78 is 42.3. The van der Waals surface area contributed by atoms with Crippen LogP contribution in [0.1, 0.15) is 11.1 Å². The number of halogens is 3. The number of ether oxygens (including phenoxy) is 1. The molecule has 0 bridgehead atoms. The molecule has 9 nitrogen and oxygen atoms in total.